The van der Waals surface area contributed by atoms with Gasteiger partial charge in [-0.3, -0.25) is 0 Å². The number of nitrogens with zero attached hydrogens (tertiary/aromatic N) is 2. The Morgan fingerprint density at radius 1 is 1.47 bits per heavy atom. The third-order valence-corrected chi connectivity index (χ3v) is 2.92. The van der Waals surface area contributed by atoms with E-state index in [1.807, 2.05) is 6.20 Å². The van der Waals surface area contributed by atoms with Gasteiger partial charge in [-0.05, 0) is 36.9 Å². The van der Waals surface area contributed by atoms with E-state index >= 15 is 0 Å². The van der Waals surface area contributed by atoms with Crippen LogP contribution < -0.4 is 5.32 Å². The van der Waals surface area contributed by atoms with Gasteiger partial charge in [-0.25, -0.2) is 0 Å². The highest BCUT2D eigenvalue weighted by Crippen LogP contribution is 2.37. The fourth-order valence-corrected chi connectivity index (χ4v) is 1.85. The maximum Gasteiger partial charge on any atom is 0.0544 e. The van der Waals surface area contributed by atoms with Gasteiger partial charge in [0.2, 0.25) is 0 Å². The molecule has 2 rings (SSSR count). The Bertz CT molecular complexity index is 282. The molecule has 1 aromatic rings. The van der Waals surface area contributed by atoms with Crippen molar-refractivity contribution in [3.8, 4) is 0 Å². The van der Waals surface area contributed by atoms with Crippen molar-refractivity contribution in [3.05, 3.63) is 24.0 Å². The van der Waals surface area contributed by atoms with Crippen LogP contribution in [0.5, 0.6) is 0 Å². The molecular weight excluding hydrogens is 186 g/mol. The molecule has 1 atom stereocenters. The van der Waals surface area contributed by atoms with Gasteiger partial charge in [0.15, 0.2) is 0 Å². The van der Waals surface area contributed by atoms with Crippen LogP contribution in [0, 0.1) is 5.92 Å². The summed E-state index contributed by atoms with van der Waals surface area (Å²) in [7, 11) is 0. The molecule has 0 aliphatic heterocycles. The molecule has 0 spiro atoms. The van der Waals surface area contributed by atoms with Gasteiger partial charge in [0.1, 0.15) is 0 Å². The molecule has 82 valence electrons. The highest BCUT2D eigenvalue weighted by molar-refractivity contribution is 5.12. The molecule has 1 fully saturated rings. The minimum absolute atomic E-state index is 0.480. The van der Waals surface area contributed by atoms with Gasteiger partial charge in [0.05, 0.1) is 6.20 Å². The lowest BCUT2D eigenvalue weighted by Gasteiger charge is -2.17. The number of rotatable bonds is 6. The molecule has 15 heavy (non-hydrogen) atoms. The highest BCUT2D eigenvalue weighted by Gasteiger charge is 2.25. The largest absolute Gasteiger partial charge is 0.310 e. The average Bonchev–Trinajstić information content (AvgIpc) is 3.09. The van der Waals surface area contributed by atoms with Crippen molar-refractivity contribution in [3.63, 3.8) is 0 Å². The molecule has 1 N–H and O–H groups in total. The lowest BCUT2D eigenvalue weighted by atomic mass is 10.0. The Hall–Kier alpha value is -0.960. The van der Waals surface area contributed by atoms with Crippen LogP contribution in [0.3, 0.4) is 0 Å². The first-order valence-corrected chi connectivity index (χ1v) is 5.90. The summed E-state index contributed by atoms with van der Waals surface area (Å²) < 4.78 is 0. The molecule has 1 aliphatic rings. The molecule has 0 radical (unpaired) electrons. The van der Waals surface area contributed by atoms with E-state index in [1.54, 1.807) is 6.20 Å². The van der Waals surface area contributed by atoms with Crippen molar-refractivity contribution in [2.75, 3.05) is 6.54 Å². The monoisotopic (exact) mass is 205 g/mol. The zero-order valence-corrected chi connectivity index (χ0v) is 9.32. The van der Waals surface area contributed by atoms with E-state index in [2.05, 4.69) is 28.5 Å². The molecule has 0 aromatic carbocycles. The SMILES string of the molecule is CCCNC(CC1CC1)c1ccnnc1. The van der Waals surface area contributed by atoms with Gasteiger partial charge in [-0.15, -0.1) is 0 Å². The van der Waals surface area contributed by atoms with E-state index in [1.165, 1.54) is 31.2 Å². The average molecular weight is 205 g/mol. The van der Waals surface area contributed by atoms with Crippen LogP contribution >= 0.6 is 0 Å². The first-order valence-electron chi connectivity index (χ1n) is 5.90. The first-order chi connectivity index (χ1) is 7.40. The van der Waals surface area contributed by atoms with E-state index < -0.39 is 0 Å². The molecule has 1 unspecified atom stereocenters. The van der Waals surface area contributed by atoms with E-state index in [4.69, 9.17) is 0 Å². The molecule has 3 heteroatoms. The van der Waals surface area contributed by atoms with Crippen LogP contribution in [0.25, 0.3) is 0 Å². The zero-order valence-electron chi connectivity index (χ0n) is 9.32. The first kappa shape index (κ1) is 10.6. The third-order valence-electron chi connectivity index (χ3n) is 2.92. The number of aromatic nitrogens is 2. The van der Waals surface area contributed by atoms with Crippen LogP contribution in [-0.4, -0.2) is 16.7 Å². The van der Waals surface area contributed by atoms with Crippen LogP contribution in [0.1, 0.15) is 44.2 Å². The summed E-state index contributed by atoms with van der Waals surface area (Å²) in [5.41, 5.74) is 1.28. The summed E-state index contributed by atoms with van der Waals surface area (Å²) in [6.07, 6.45) is 8.91. The zero-order chi connectivity index (χ0) is 10.5. The summed E-state index contributed by atoms with van der Waals surface area (Å²) in [5, 5.41) is 11.4. The van der Waals surface area contributed by atoms with Crippen LogP contribution in [-0.2, 0) is 0 Å². The second-order valence-corrected chi connectivity index (χ2v) is 4.36. The van der Waals surface area contributed by atoms with Crippen LogP contribution in [0.15, 0.2) is 18.5 Å². The second-order valence-electron chi connectivity index (χ2n) is 4.36. The maximum absolute atomic E-state index is 3.95. The van der Waals surface area contributed by atoms with Crippen molar-refractivity contribution >= 4 is 0 Å². The fraction of sp³-hybridized carbons (Fsp3) is 0.667. The van der Waals surface area contributed by atoms with Gasteiger partial charge in [-0.2, -0.15) is 10.2 Å². The molecule has 0 bridgehead atoms. The lowest BCUT2D eigenvalue weighted by molar-refractivity contribution is 0.472. The normalized spacial score (nSPS) is 17.7. The Morgan fingerprint density at radius 2 is 2.33 bits per heavy atom. The summed E-state index contributed by atoms with van der Waals surface area (Å²) in [6.45, 7) is 3.28. The fourth-order valence-electron chi connectivity index (χ4n) is 1.85. The van der Waals surface area contributed by atoms with Crippen molar-refractivity contribution < 1.29 is 0 Å². The quantitative estimate of drug-likeness (QED) is 0.774. The smallest absolute Gasteiger partial charge is 0.0544 e. The highest BCUT2D eigenvalue weighted by atomic mass is 15.1. The van der Waals surface area contributed by atoms with Crippen LogP contribution in [0.4, 0.5) is 0 Å². The summed E-state index contributed by atoms with van der Waals surface area (Å²) in [4.78, 5) is 0. The standard InChI is InChI=1S/C12H19N3/c1-2-6-13-12(8-10-3-4-10)11-5-7-14-15-9-11/h5,7,9-10,12-13H,2-4,6,8H2,1H3. The molecule has 0 saturated heterocycles. The summed E-state index contributed by atoms with van der Waals surface area (Å²) >= 11 is 0. The summed E-state index contributed by atoms with van der Waals surface area (Å²) in [5.74, 6) is 0.938. The van der Waals surface area contributed by atoms with Gasteiger partial charge < -0.3 is 5.32 Å². The lowest BCUT2D eigenvalue weighted by Crippen LogP contribution is -2.22. The molecule has 1 heterocycles. The Morgan fingerprint density at radius 3 is 2.93 bits per heavy atom. The summed E-state index contributed by atoms with van der Waals surface area (Å²) in [6, 6.07) is 2.55. The number of hydrogen-bond donors (Lipinski definition) is 1. The van der Waals surface area contributed by atoms with Crippen molar-refractivity contribution in [2.45, 2.75) is 38.6 Å². The number of hydrogen-bond acceptors (Lipinski definition) is 3. The molecule has 1 saturated carbocycles. The molecular formula is C12H19N3. The molecule has 1 aliphatic carbocycles. The van der Waals surface area contributed by atoms with Crippen molar-refractivity contribution in [2.24, 2.45) is 5.92 Å². The van der Waals surface area contributed by atoms with E-state index in [-0.39, 0.29) is 0 Å². The predicted molar refractivity (Wildman–Crippen MR) is 60.4 cm³/mol. The molecule has 0 amide bonds. The second kappa shape index (κ2) is 5.21. The van der Waals surface area contributed by atoms with E-state index in [9.17, 15) is 0 Å². The van der Waals surface area contributed by atoms with Gasteiger partial charge in [-0.1, -0.05) is 19.8 Å². The maximum atomic E-state index is 3.95. The Labute approximate surface area is 91.3 Å². The van der Waals surface area contributed by atoms with E-state index in [0.717, 1.165) is 12.5 Å². The topological polar surface area (TPSA) is 37.8 Å². The van der Waals surface area contributed by atoms with Gasteiger partial charge in [0, 0.05) is 12.2 Å². The third kappa shape index (κ3) is 3.27. The van der Waals surface area contributed by atoms with Crippen molar-refractivity contribution in [1.29, 1.82) is 0 Å². The van der Waals surface area contributed by atoms with Crippen molar-refractivity contribution in [1.82, 2.24) is 15.5 Å². The molecule has 1 aromatic heterocycles. The minimum atomic E-state index is 0.480. The van der Waals surface area contributed by atoms with Gasteiger partial charge in [0.25, 0.3) is 0 Å². The minimum Gasteiger partial charge on any atom is -0.310 e. The number of nitrogens with one attached hydrogen (secondary N) is 1. The molecule has 3 nitrogen and oxygen atoms in total. The predicted octanol–water partition coefficient (Wildman–Crippen LogP) is 2.32. The Kier molecular flexibility index (Phi) is 3.67. The van der Waals surface area contributed by atoms with Crippen LogP contribution in [0.2, 0.25) is 0 Å². The van der Waals surface area contributed by atoms with Gasteiger partial charge >= 0.3 is 0 Å². The van der Waals surface area contributed by atoms with E-state index in [0.29, 0.717) is 6.04 Å². The Balaban J connectivity index is 1.96.